The molecule has 194 valence electrons. The molecule has 3 N–H and O–H groups in total. The fourth-order valence-electron chi connectivity index (χ4n) is 3.53. The van der Waals surface area contributed by atoms with Crippen molar-refractivity contribution in [2.75, 3.05) is 26.9 Å². The molecule has 0 aromatic heterocycles. The van der Waals surface area contributed by atoms with Crippen molar-refractivity contribution in [3.05, 3.63) is 48.0 Å². The molecule has 3 rings (SSSR count). The molecule has 0 spiro atoms. The minimum absolute atomic E-state index is 0.127. The summed E-state index contributed by atoms with van der Waals surface area (Å²) in [5.41, 5.74) is 0.272. The van der Waals surface area contributed by atoms with Crippen LogP contribution in [0.4, 0.5) is 0 Å². The van der Waals surface area contributed by atoms with E-state index in [4.69, 9.17) is 28.8 Å². The first-order chi connectivity index (χ1) is 17.1. The van der Waals surface area contributed by atoms with Crippen LogP contribution >= 0.6 is 0 Å². The number of carbonyl (C=O) groups is 2. The monoisotopic (exact) mass is 520 g/mol. The zero-order valence-electron chi connectivity index (χ0n) is 20.1. The molecular weight excluding hydrogens is 492 g/mol. The highest BCUT2D eigenvalue weighted by Gasteiger charge is 2.30. The molecule has 1 aliphatic rings. The molecule has 0 fully saturated rings. The number of hydrogen-bond donors (Lipinski definition) is 2. The fourth-order valence-corrected chi connectivity index (χ4v) is 4.27. The average molecular weight is 521 g/mol. The smallest absolute Gasteiger partial charge is 0.336 e. The normalized spacial score (nSPS) is 15.0. The number of rotatable bonds is 11. The van der Waals surface area contributed by atoms with Crippen molar-refractivity contribution in [2.45, 2.75) is 31.2 Å². The van der Waals surface area contributed by atoms with E-state index in [9.17, 15) is 18.0 Å². The third-order valence-corrected chi connectivity index (χ3v) is 5.95. The minimum atomic E-state index is -4.28. The Bertz CT molecular complexity index is 1260. The Kier molecular flexibility index (Phi) is 8.91. The van der Waals surface area contributed by atoms with Crippen LogP contribution in [0, 0.1) is 0 Å². The van der Waals surface area contributed by atoms with Gasteiger partial charge in [0.15, 0.2) is 23.0 Å². The number of carbonyl (C=O) groups excluding carboxylic acids is 2. The summed E-state index contributed by atoms with van der Waals surface area (Å²) in [7, 11) is -3.09. The van der Waals surface area contributed by atoms with Crippen LogP contribution in [0.1, 0.15) is 19.4 Å². The van der Waals surface area contributed by atoms with Crippen molar-refractivity contribution in [3.63, 3.8) is 0 Å². The molecule has 0 radical (unpaired) electrons. The van der Waals surface area contributed by atoms with E-state index in [2.05, 4.69) is 5.32 Å². The maximum absolute atomic E-state index is 12.2. The van der Waals surface area contributed by atoms with Crippen LogP contribution in [0.25, 0.3) is 0 Å². The van der Waals surface area contributed by atoms with Crippen LogP contribution in [0.15, 0.2) is 47.4 Å². The second kappa shape index (κ2) is 11.9. The minimum Gasteiger partial charge on any atom is -0.491 e. The number of nitrogens with one attached hydrogen (secondary N) is 1. The van der Waals surface area contributed by atoms with Crippen molar-refractivity contribution in [1.82, 2.24) is 5.32 Å². The van der Waals surface area contributed by atoms with Gasteiger partial charge in [-0.05, 0) is 38.5 Å². The number of nitrogens with two attached hydrogens (primary N) is 1. The van der Waals surface area contributed by atoms with Gasteiger partial charge in [0.2, 0.25) is 15.8 Å². The number of para-hydroxylation sites is 2. The molecule has 1 atom stereocenters. The maximum atomic E-state index is 12.2. The topological polar surface area (TPSA) is 152 Å². The Balaban J connectivity index is 1.80. The van der Waals surface area contributed by atoms with Gasteiger partial charge < -0.3 is 29.0 Å². The van der Waals surface area contributed by atoms with Crippen LogP contribution in [0.5, 0.6) is 28.7 Å². The summed E-state index contributed by atoms with van der Waals surface area (Å²) in [6.45, 7) is 5.02. The highest BCUT2D eigenvalue weighted by Crippen LogP contribution is 2.45. The van der Waals surface area contributed by atoms with E-state index in [0.29, 0.717) is 31.3 Å². The van der Waals surface area contributed by atoms with E-state index in [-0.39, 0.29) is 35.3 Å². The van der Waals surface area contributed by atoms with Gasteiger partial charge >= 0.3 is 11.9 Å². The number of sulfonamides is 1. The number of fused-ring (bicyclic) bond motifs is 1. The Morgan fingerprint density at radius 1 is 1.03 bits per heavy atom. The molecule has 0 amide bonds. The van der Waals surface area contributed by atoms with Gasteiger partial charge in [0.1, 0.15) is 11.5 Å². The first kappa shape index (κ1) is 27.0. The molecule has 11 nitrogen and oxygen atoms in total. The van der Waals surface area contributed by atoms with Gasteiger partial charge in [-0.3, -0.25) is 0 Å². The number of esters is 2. The highest BCUT2D eigenvalue weighted by molar-refractivity contribution is 7.89. The number of methoxy groups -OCH3 is 1. The molecule has 2 aromatic rings. The van der Waals surface area contributed by atoms with Crippen LogP contribution in [-0.2, 0) is 26.0 Å². The van der Waals surface area contributed by atoms with Crippen LogP contribution < -0.4 is 34.1 Å². The van der Waals surface area contributed by atoms with E-state index < -0.39 is 26.9 Å². The fraction of sp³-hybridized carbons (Fsp3) is 0.333. The second-order valence-electron chi connectivity index (χ2n) is 7.73. The summed E-state index contributed by atoms with van der Waals surface area (Å²) < 4.78 is 51.6. The molecule has 1 aliphatic heterocycles. The number of benzene rings is 2. The van der Waals surface area contributed by atoms with Crippen molar-refractivity contribution in [2.24, 2.45) is 5.14 Å². The van der Waals surface area contributed by atoms with Crippen molar-refractivity contribution < 1.29 is 41.7 Å². The molecule has 0 aliphatic carbocycles. The molecule has 0 bridgehead atoms. The summed E-state index contributed by atoms with van der Waals surface area (Å²) in [6.07, 6.45) is 1.97. The third kappa shape index (κ3) is 6.74. The predicted octanol–water partition coefficient (Wildman–Crippen LogP) is 1.72. The zero-order valence-corrected chi connectivity index (χ0v) is 20.9. The van der Waals surface area contributed by atoms with Crippen LogP contribution in [0.3, 0.4) is 0 Å². The predicted molar refractivity (Wildman–Crippen MR) is 129 cm³/mol. The maximum Gasteiger partial charge on any atom is 0.336 e. The third-order valence-electron chi connectivity index (χ3n) is 5.03. The Morgan fingerprint density at radius 3 is 2.22 bits per heavy atom. The summed E-state index contributed by atoms with van der Waals surface area (Å²) in [4.78, 5) is 23.8. The average Bonchev–Trinajstić information content (AvgIpc) is 2.81. The standard InChI is InChI=1S/C24H28N2O9S/c1-4-32-17-7-5-6-8-18(17)33-12-11-26-15(2)13-16-14-19(36(25,29)30)23(31-3)24-22(16)34-20(27)9-10-21(28)35-24/h5-10,14-15,26H,4,11-13H2,1-3H3,(H2,25,29,30)/b10-9+/t15-/m1/s1. The van der Waals surface area contributed by atoms with Gasteiger partial charge in [-0.2, -0.15) is 0 Å². The van der Waals surface area contributed by atoms with Crippen molar-refractivity contribution >= 4 is 22.0 Å². The lowest BCUT2D eigenvalue weighted by Crippen LogP contribution is -2.32. The Labute approximate surface area is 209 Å². The summed E-state index contributed by atoms with van der Waals surface area (Å²) in [5, 5.41) is 8.63. The lowest BCUT2D eigenvalue weighted by molar-refractivity contribution is -0.133. The lowest BCUT2D eigenvalue weighted by atomic mass is 10.0. The molecular formula is C24H28N2O9S. The van der Waals surface area contributed by atoms with Gasteiger partial charge in [-0.1, -0.05) is 12.1 Å². The van der Waals surface area contributed by atoms with Gasteiger partial charge in [0.25, 0.3) is 0 Å². The largest absolute Gasteiger partial charge is 0.491 e. The summed E-state index contributed by atoms with van der Waals surface area (Å²) in [5.74, 6) is -1.28. The van der Waals surface area contributed by atoms with E-state index in [1.165, 1.54) is 13.2 Å². The highest BCUT2D eigenvalue weighted by atomic mass is 32.2. The van der Waals surface area contributed by atoms with E-state index >= 15 is 0 Å². The lowest BCUT2D eigenvalue weighted by Gasteiger charge is -2.22. The molecule has 0 saturated carbocycles. The van der Waals surface area contributed by atoms with Gasteiger partial charge in [0, 0.05) is 30.3 Å². The Morgan fingerprint density at radius 2 is 1.64 bits per heavy atom. The van der Waals surface area contributed by atoms with Crippen molar-refractivity contribution in [1.29, 1.82) is 0 Å². The van der Waals surface area contributed by atoms with Gasteiger partial charge in [-0.15, -0.1) is 0 Å². The second-order valence-corrected chi connectivity index (χ2v) is 9.26. The van der Waals surface area contributed by atoms with Crippen molar-refractivity contribution in [3.8, 4) is 28.7 Å². The molecule has 2 aromatic carbocycles. The molecule has 1 heterocycles. The first-order valence-corrected chi connectivity index (χ1v) is 12.6. The van der Waals surface area contributed by atoms with Gasteiger partial charge in [0.05, 0.1) is 13.7 Å². The molecule has 0 unspecified atom stereocenters. The van der Waals surface area contributed by atoms with E-state index in [1.807, 2.05) is 38.1 Å². The first-order valence-electron chi connectivity index (χ1n) is 11.1. The molecule has 12 heteroatoms. The van der Waals surface area contributed by atoms with Crippen LogP contribution in [-0.4, -0.2) is 53.3 Å². The SMILES string of the molecule is CCOc1ccccc1OCCN[C@H](C)Cc1cc(S(N)(=O)=O)c(OC)c2c1OC(=O)/C=C/C(=O)O2. The number of hydrogen-bond acceptors (Lipinski definition) is 10. The van der Waals surface area contributed by atoms with E-state index in [0.717, 1.165) is 12.2 Å². The summed E-state index contributed by atoms with van der Waals surface area (Å²) >= 11 is 0. The van der Waals surface area contributed by atoms with E-state index in [1.54, 1.807) is 0 Å². The van der Waals surface area contributed by atoms with Crippen LogP contribution in [0.2, 0.25) is 0 Å². The Hall–Kier alpha value is -3.61. The van der Waals surface area contributed by atoms with Gasteiger partial charge in [-0.25, -0.2) is 23.1 Å². The molecule has 36 heavy (non-hydrogen) atoms. The summed E-state index contributed by atoms with van der Waals surface area (Å²) in [6, 6.07) is 8.33. The number of primary sulfonamides is 1. The zero-order chi connectivity index (χ0) is 26.3. The quantitative estimate of drug-likeness (QED) is 0.254. The molecule has 0 saturated heterocycles. The number of ether oxygens (including phenoxy) is 5.